The predicted octanol–water partition coefficient (Wildman–Crippen LogP) is 5.83. The maximum absolute atomic E-state index is 12.7. The van der Waals surface area contributed by atoms with Crippen LogP contribution >= 0.6 is 11.8 Å². The number of hydrogen-bond donors (Lipinski definition) is 1. The van der Waals surface area contributed by atoms with Crippen LogP contribution in [0, 0.1) is 0 Å². The molecule has 1 heterocycles. The summed E-state index contributed by atoms with van der Waals surface area (Å²) < 4.78 is 7.33. The van der Waals surface area contributed by atoms with Gasteiger partial charge in [0.05, 0.1) is 18.6 Å². The first-order valence-electron chi connectivity index (χ1n) is 10.8. The van der Waals surface area contributed by atoms with Crippen LogP contribution in [0.25, 0.3) is 27.8 Å². The van der Waals surface area contributed by atoms with Crippen molar-refractivity contribution in [3.05, 3.63) is 97.1 Å². The molecule has 0 unspecified atom stereocenters. The number of nitrogens with zero attached hydrogens (tertiary/aromatic N) is 3. The molecule has 5 aromatic rings. The van der Waals surface area contributed by atoms with Crippen LogP contribution in [0.3, 0.4) is 0 Å². The second-order valence-electron chi connectivity index (χ2n) is 7.54. The van der Waals surface area contributed by atoms with E-state index in [1.54, 1.807) is 7.11 Å². The van der Waals surface area contributed by atoms with Crippen LogP contribution in [-0.4, -0.2) is 33.5 Å². The van der Waals surface area contributed by atoms with Crippen molar-refractivity contribution in [3.8, 4) is 22.8 Å². The second kappa shape index (κ2) is 9.80. The first-order chi connectivity index (χ1) is 16.7. The van der Waals surface area contributed by atoms with Crippen molar-refractivity contribution in [2.75, 3.05) is 18.2 Å². The van der Waals surface area contributed by atoms with Crippen LogP contribution in [0.1, 0.15) is 0 Å². The molecule has 0 aliphatic carbocycles. The number of anilines is 1. The molecule has 0 bridgehead atoms. The molecular formula is C27H22N4O2S. The summed E-state index contributed by atoms with van der Waals surface area (Å²) in [5.41, 5.74) is 2.56. The van der Waals surface area contributed by atoms with Gasteiger partial charge in [0, 0.05) is 11.3 Å². The third-order valence-corrected chi connectivity index (χ3v) is 6.32. The summed E-state index contributed by atoms with van der Waals surface area (Å²) in [5.74, 6) is 1.38. The fraction of sp³-hybridized carbons (Fsp3) is 0.0741. The van der Waals surface area contributed by atoms with E-state index in [9.17, 15) is 4.79 Å². The quantitative estimate of drug-likeness (QED) is 0.306. The van der Waals surface area contributed by atoms with Crippen LogP contribution in [0.4, 0.5) is 5.69 Å². The lowest BCUT2D eigenvalue weighted by Crippen LogP contribution is -2.15. The molecule has 0 aliphatic heterocycles. The van der Waals surface area contributed by atoms with E-state index in [4.69, 9.17) is 4.74 Å². The number of amides is 1. The van der Waals surface area contributed by atoms with Crippen LogP contribution in [0.2, 0.25) is 0 Å². The van der Waals surface area contributed by atoms with Crippen LogP contribution in [0.5, 0.6) is 5.75 Å². The van der Waals surface area contributed by atoms with Crippen LogP contribution < -0.4 is 10.1 Å². The number of ether oxygens (including phenoxy) is 1. The average Bonchev–Trinajstić information content (AvgIpc) is 3.31. The van der Waals surface area contributed by atoms with Gasteiger partial charge in [-0.05, 0) is 35.0 Å². The standard InChI is InChI=1S/C27H22N4O2S/c1-33-24-17-8-7-16-23(24)28-25(32)18-34-27-30-29-26(31(27)20-12-3-2-4-13-20)22-15-9-11-19-10-5-6-14-21(19)22/h2-17H,18H2,1H3,(H,28,32). The fourth-order valence-electron chi connectivity index (χ4n) is 3.83. The zero-order valence-corrected chi connectivity index (χ0v) is 19.3. The Morgan fingerprint density at radius 1 is 0.882 bits per heavy atom. The fourth-order valence-corrected chi connectivity index (χ4v) is 4.58. The summed E-state index contributed by atoms with van der Waals surface area (Å²) in [6, 6.07) is 31.7. The van der Waals surface area contributed by atoms with Gasteiger partial charge in [-0.3, -0.25) is 9.36 Å². The number of carbonyl (C=O) groups excluding carboxylic acids is 1. The number of nitrogens with one attached hydrogen (secondary N) is 1. The molecule has 0 atom stereocenters. The summed E-state index contributed by atoms with van der Waals surface area (Å²) in [5, 5.41) is 14.8. The number of para-hydroxylation sites is 3. The second-order valence-corrected chi connectivity index (χ2v) is 8.48. The molecule has 0 fully saturated rings. The van der Waals surface area contributed by atoms with Crippen molar-refractivity contribution in [3.63, 3.8) is 0 Å². The topological polar surface area (TPSA) is 69.0 Å². The Labute approximate surface area is 201 Å². The van der Waals surface area contributed by atoms with Crippen molar-refractivity contribution in [2.45, 2.75) is 5.16 Å². The Balaban J connectivity index is 1.48. The number of benzene rings is 4. The number of rotatable bonds is 7. The van der Waals surface area contributed by atoms with Crippen LogP contribution in [0.15, 0.2) is 102 Å². The first-order valence-corrected chi connectivity index (χ1v) is 11.8. The minimum absolute atomic E-state index is 0.149. The highest BCUT2D eigenvalue weighted by Gasteiger charge is 2.19. The molecule has 1 aromatic heterocycles. The highest BCUT2D eigenvalue weighted by Crippen LogP contribution is 2.32. The molecule has 0 saturated heterocycles. The molecule has 1 amide bonds. The summed E-state index contributed by atoms with van der Waals surface area (Å²) in [4.78, 5) is 12.7. The smallest absolute Gasteiger partial charge is 0.234 e. The third-order valence-electron chi connectivity index (χ3n) is 5.39. The van der Waals surface area contributed by atoms with E-state index in [1.807, 2.05) is 77.4 Å². The first kappa shape index (κ1) is 21.7. The number of methoxy groups -OCH3 is 1. The molecule has 1 N–H and O–H groups in total. The molecule has 0 spiro atoms. The minimum atomic E-state index is -0.149. The van der Waals surface area contributed by atoms with Gasteiger partial charge in [-0.1, -0.05) is 84.6 Å². The Morgan fingerprint density at radius 2 is 1.62 bits per heavy atom. The number of carbonyl (C=O) groups is 1. The normalized spacial score (nSPS) is 10.9. The molecular weight excluding hydrogens is 444 g/mol. The highest BCUT2D eigenvalue weighted by molar-refractivity contribution is 7.99. The number of hydrogen-bond acceptors (Lipinski definition) is 5. The van der Waals surface area contributed by atoms with Crippen molar-refractivity contribution >= 4 is 34.1 Å². The summed E-state index contributed by atoms with van der Waals surface area (Å²) in [7, 11) is 1.58. The highest BCUT2D eigenvalue weighted by atomic mass is 32.2. The molecule has 0 saturated carbocycles. The van der Waals surface area contributed by atoms with Gasteiger partial charge in [-0.25, -0.2) is 0 Å². The third kappa shape index (κ3) is 4.38. The van der Waals surface area contributed by atoms with Crippen LogP contribution in [-0.2, 0) is 4.79 Å². The van der Waals surface area contributed by atoms with Crippen molar-refractivity contribution in [2.24, 2.45) is 0 Å². The van der Waals surface area contributed by atoms with Crippen molar-refractivity contribution < 1.29 is 9.53 Å². The van der Waals surface area contributed by atoms with E-state index in [0.29, 0.717) is 16.6 Å². The van der Waals surface area contributed by atoms with Gasteiger partial charge in [0.2, 0.25) is 5.91 Å². The van der Waals surface area contributed by atoms with Gasteiger partial charge in [-0.2, -0.15) is 0 Å². The van der Waals surface area contributed by atoms with Gasteiger partial charge in [0.15, 0.2) is 11.0 Å². The average molecular weight is 467 g/mol. The van der Waals surface area contributed by atoms with E-state index in [2.05, 4.69) is 39.8 Å². The SMILES string of the molecule is COc1ccccc1NC(=O)CSc1nnc(-c2cccc3ccccc23)n1-c1ccccc1. The predicted molar refractivity (Wildman–Crippen MR) is 137 cm³/mol. The lowest BCUT2D eigenvalue weighted by atomic mass is 10.0. The number of aromatic nitrogens is 3. The van der Waals surface area contributed by atoms with E-state index < -0.39 is 0 Å². The maximum Gasteiger partial charge on any atom is 0.234 e. The Bertz CT molecular complexity index is 1440. The van der Waals surface area contributed by atoms with Crippen molar-refractivity contribution in [1.82, 2.24) is 14.8 Å². The maximum atomic E-state index is 12.7. The van der Waals surface area contributed by atoms with E-state index in [1.165, 1.54) is 11.8 Å². The summed E-state index contributed by atoms with van der Waals surface area (Å²) >= 11 is 1.34. The van der Waals surface area contributed by atoms with E-state index in [-0.39, 0.29) is 11.7 Å². The molecule has 6 nitrogen and oxygen atoms in total. The number of thioether (sulfide) groups is 1. The monoisotopic (exact) mass is 466 g/mol. The molecule has 0 radical (unpaired) electrons. The molecule has 4 aromatic carbocycles. The number of fused-ring (bicyclic) bond motifs is 1. The van der Waals surface area contributed by atoms with Gasteiger partial charge in [0.25, 0.3) is 0 Å². The molecule has 5 rings (SSSR count). The van der Waals surface area contributed by atoms with E-state index >= 15 is 0 Å². The Morgan fingerprint density at radius 3 is 2.47 bits per heavy atom. The molecule has 34 heavy (non-hydrogen) atoms. The summed E-state index contributed by atoms with van der Waals surface area (Å²) in [6.45, 7) is 0. The van der Waals surface area contributed by atoms with Gasteiger partial charge in [0.1, 0.15) is 5.75 Å². The largest absolute Gasteiger partial charge is 0.495 e. The van der Waals surface area contributed by atoms with Gasteiger partial charge < -0.3 is 10.1 Å². The lowest BCUT2D eigenvalue weighted by Gasteiger charge is -2.12. The lowest BCUT2D eigenvalue weighted by molar-refractivity contribution is -0.113. The Kier molecular flexibility index (Phi) is 6.27. The van der Waals surface area contributed by atoms with Gasteiger partial charge >= 0.3 is 0 Å². The van der Waals surface area contributed by atoms with E-state index in [0.717, 1.165) is 27.8 Å². The minimum Gasteiger partial charge on any atom is -0.495 e. The summed E-state index contributed by atoms with van der Waals surface area (Å²) in [6.07, 6.45) is 0. The van der Waals surface area contributed by atoms with Crippen molar-refractivity contribution in [1.29, 1.82) is 0 Å². The molecule has 7 heteroatoms. The molecule has 0 aliphatic rings. The molecule has 168 valence electrons. The zero-order chi connectivity index (χ0) is 23.3. The Hall–Kier alpha value is -4.10. The van der Waals surface area contributed by atoms with Gasteiger partial charge in [-0.15, -0.1) is 10.2 Å². The zero-order valence-electron chi connectivity index (χ0n) is 18.5.